The van der Waals surface area contributed by atoms with Crippen molar-refractivity contribution in [1.29, 1.82) is 0 Å². The summed E-state index contributed by atoms with van der Waals surface area (Å²) in [5, 5.41) is 4.31. The Morgan fingerprint density at radius 1 is 1.69 bits per heavy atom. The molecule has 72 valence electrons. The van der Waals surface area contributed by atoms with Crippen LogP contribution < -0.4 is 15.8 Å². The van der Waals surface area contributed by atoms with Crippen molar-refractivity contribution in [2.75, 3.05) is 18.2 Å². The molecule has 1 aromatic rings. The van der Waals surface area contributed by atoms with Gasteiger partial charge in [-0.15, -0.1) is 0 Å². The van der Waals surface area contributed by atoms with Crippen molar-refractivity contribution in [3.8, 4) is 5.75 Å². The smallest absolute Gasteiger partial charge is 0.197 e. The van der Waals surface area contributed by atoms with Crippen LogP contribution >= 0.6 is 11.5 Å². The second-order valence-electron chi connectivity index (χ2n) is 3.39. The summed E-state index contributed by atoms with van der Waals surface area (Å²) in [6, 6.07) is 0.578. The number of methoxy groups -OCH3 is 1. The topological polar surface area (TPSA) is 60.2 Å². The second-order valence-corrected chi connectivity index (χ2v) is 4.17. The molecule has 0 spiro atoms. The van der Waals surface area contributed by atoms with Crippen LogP contribution in [0.15, 0.2) is 0 Å². The molecule has 0 saturated heterocycles. The van der Waals surface area contributed by atoms with Crippen molar-refractivity contribution in [3.05, 3.63) is 0 Å². The summed E-state index contributed by atoms with van der Waals surface area (Å²) in [7, 11) is 1.61. The largest absolute Gasteiger partial charge is 0.490 e. The molecule has 0 aliphatic heterocycles. The predicted molar refractivity (Wildman–Crippen MR) is 54.3 cm³/mol. The molecule has 0 amide bonds. The molecule has 1 heterocycles. The van der Waals surface area contributed by atoms with Crippen molar-refractivity contribution >= 4 is 22.4 Å². The Kier molecular flexibility index (Phi) is 2.03. The molecule has 3 N–H and O–H groups in total. The molecule has 4 nitrogen and oxygen atoms in total. The van der Waals surface area contributed by atoms with Gasteiger partial charge < -0.3 is 15.8 Å². The molecule has 2 atom stereocenters. The number of anilines is 2. The highest BCUT2D eigenvalue weighted by atomic mass is 32.1. The number of rotatable bonds is 3. The van der Waals surface area contributed by atoms with Crippen LogP contribution in [0.2, 0.25) is 0 Å². The molecule has 2 unspecified atom stereocenters. The van der Waals surface area contributed by atoms with E-state index < -0.39 is 0 Å². The zero-order valence-corrected chi connectivity index (χ0v) is 8.52. The molecule has 0 bridgehead atoms. The van der Waals surface area contributed by atoms with Crippen LogP contribution in [-0.2, 0) is 0 Å². The Bertz CT molecular complexity index is 312. The number of aromatic nitrogens is 1. The summed E-state index contributed by atoms with van der Waals surface area (Å²) >= 11 is 1.36. The minimum Gasteiger partial charge on any atom is -0.490 e. The van der Waals surface area contributed by atoms with Gasteiger partial charge in [-0.3, -0.25) is 0 Å². The van der Waals surface area contributed by atoms with Crippen LogP contribution in [0.3, 0.4) is 0 Å². The highest BCUT2D eigenvalue weighted by Gasteiger charge is 2.33. The Labute approximate surface area is 81.3 Å². The first kappa shape index (κ1) is 8.62. The average Bonchev–Trinajstić information content (AvgIpc) is 2.65. The van der Waals surface area contributed by atoms with E-state index in [4.69, 9.17) is 10.5 Å². The summed E-state index contributed by atoms with van der Waals surface area (Å²) in [5.41, 5.74) is 5.62. The molecule has 1 aliphatic carbocycles. The summed E-state index contributed by atoms with van der Waals surface area (Å²) in [5.74, 6) is 1.92. The van der Waals surface area contributed by atoms with E-state index >= 15 is 0 Å². The standard InChI is InChI=1S/C8H13N3OS/c1-4-3-5(4)10-8-6(12-2)7(9)11-13-8/h4-5,10H,3H2,1-2H3,(H2,9,11). The van der Waals surface area contributed by atoms with E-state index in [9.17, 15) is 0 Å². The summed E-state index contributed by atoms with van der Waals surface area (Å²) in [6.07, 6.45) is 1.22. The van der Waals surface area contributed by atoms with Crippen molar-refractivity contribution in [1.82, 2.24) is 4.37 Å². The van der Waals surface area contributed by atoms with E-state index in [0.29, 0.717) is 17.6 Å². The van der Waals surface area contributed by atoms with Gasteiger partial charge in [-0.25, -0.2) is 0 Å². The molecule has 5 heteroatoms. The van der Waals surface area contributed by atoms with Gasteiger partial charge in [-0.1, -0.05) is 6.92 Å². The van der Waals surface area contributed by atoms with E-state index in [0.717, 1.165) is 10.9 Å². The zero-order chi connectivity index (χ0) is 9.42. The van der Waals surface area contributed by atoms with Crippen LogP contribution in [0.1, 0.15) is 13.3 Å². The van der Waals surface area contributed by atoms with Crippen LogP contribution in [0.25, 0.3) is 0 Å². The first-order valence-electron chi connectivity index (χ1n) is 4.28. The number of hydrogen-bond donors (Lipinski definition) is 2. The first-order chi connectivity index (χ1) is 6.22. The lowest BCUT2D eigenvalue weighted by Crippen LogP contribution is -2.03. The minimum absolute atomic E-state index is 0.475. The normalized spacial score (nSPS) is 25.7. The average molecular weight is 199 g/mol. The van der Waals surface area contributed by atoms with Crippen LogP contribution in [0.4, 0.5) is 10.8 Å². The Morgan fingerprint density at radius 2 is 2.38 bits per heavy atom. The molecule has 1 fully saturated rings. The third kappa shape index (κ3) is 1.56. The molecular weight excluding hydrogens is 186 g/mol. The predicted octanol–water partition coefficient (Wildman–Crippen LogP) is 1.55. The lowest BCUT2D eigenvalue weighted by atomic mass is 10.4. The van der Waals surface area contributed by atoms with Gasteiger partial charge in [0.1, 0.15) is 0 Å². The third-order valence-electron chi connectivity index (χ3n) is 2.30. The quantitative estimate of drug-likeness (QED) is 0.775. The molecule has 0 radical (unpaired) electrons. The van der Waals surface area contributed by atoms with Gasteiger partial charge in [0.05, 0.1) is 7.11 Å². The summed E-state index contributed by atoms with van der Waals surface area (Å²) < 4.78 is 9.17. The third-order valence-corrected chi connectivity index (χ3v) is 3.08. The maximum atomic E-state index is 5.62. The maximum absolute atomic E-state index is 5.62. The van der Waals surface area contributed by atoms with E-state index in [-0.39, 0.29) is 0 Å². The monoisotopic (exact) mass is 199 g/mol. The molecule has 1 aromatic heterocycles. The minimum atomic E-state index is 0.475. The number of hydrogen-bond acceptors (Lipinski definition) is 5. The fourth-order valence-corrected chi connectivity index (χ4v) is 2.02. The maximum Gasteiger partial charge on any atom is 0.197 e. The van der Waals surface area contributed by atoms with Crippen molar-refractivity contribution in [2.24, 2.45) is 5.92 Å². The Hall–Kier alpha value is -0.970. The molecule has 2 rings (SSSR count). The second kappa shape index (κ2) is 3.06. The highest BCUT2D eigenvalue weighted by molar-refractivity contribution is 7.11. The lowest BCUT2D eigenvalue weighted by Gasteiger charge is -2.03. The van der Waals surface area contributed by atoms with Gasteiger partial charge in [0.25, 0.3) is 0 Å². The molecule has 13 heavy (non-hydrogen) atoms. The van der Waals surface area contributed by atoms with Gasteiger partial charge in [0.15, 0.2) is 16.6 Å². The van der Waals surface area contributed by atoms with Gasteiger partial charge >= 0.3 is 0 Å². The number of nitrogen functional groups attached to an aromatic ring is 1. The van der Waals surface area contributed by atoms with E-state index in [1.54, 1.807) is 7.11 Å². The first-order valence-corrected chi connectivity index (χ1v) is 5.05. The van der Waals surface area contributed by atoms with Crippen LogP contribution in [0, 0.1) is 5.92 Å². The van der Waals surface area contributed by atoms with Gasteiger partial charge in [0, 0.05) is 6.04 Å². The Balaban J connectivity index is 2.10. The van der Waals surface area contributed by atoms with Crippen LogP contribution in [-0.4, -0.2) is 17.5 Å². The fraction of sp³-hybridized carbons (Fsp3) is 0.625. The van der Waals surface area contributed by atoms with E-state index in [2.05, 4.69) is 16.6 Å². The van der Waals surface area contributed by atoms with E-state index in [1.807, 2.05) is 0 Å². The number of ether oxygens (including phenoxy) is 1. The van der Waals surface area contributed by atoms with E-state index in [1.165, 1.54) is 18.0 Å². The number of nitrogens with two attached hydrogens (primary N) is 1. The SMILES string of the molecule is COc1c(N)nsc1NC1CC1C. The van der Waals surface area contributed by atoms with Gasteiger partial charge in [-0.2, -0.15) is 4.37 Å². The van der Waals surface area contributed by atoms with Crippen molar-refractivity contribution in [2.45, 2.75) is 19.4 Å². The van der Waals surface area contributed by atoms with Gasteiger partial charge in [0.2, 0.25) is 0 Å². The molecule has 1 aliphatic rings. The van der Waals surface area contributed by atoms with Crippen molar-refractivity contribution < 1.29 is 4.74 Å². The number of nitrogens with one attached hydrogen (secondary N) is 1. The molecule has 1 saturated carbocycles. The van der Waals surface area contributed by atoms with Crippen LogP contribution in [0.5, 0.6) is 5.75 Å². The van der Waals surface area contributed by atoms with Crippen molar-refractivity contribution in [3.63, 3.8) is 0 Å². The number of nitrogens with zero attached hydrogens (tertiary/aromatic N) is 1. The summed E-state index contributed by atoms with van der Waals surface area (Å²) in [6.45, 7) is 2.22. The lowest BCUT2D eigenvalue weighted by molar-refractivity contribution is 0.419. The molecule has 0 aromatic carbocycles. The fourth-order valence-electron chi connectivity index (χ4n) is 1.27. The summed E-state index contributed by atoms with van der Waals surface area (Å²) in [4.78, 5) is 0. The zero-order valence-electron chi connectivity index (χ0n) is 7.70. The highest BCUT2D eigenvalue weighted by Crippen LogP contribution is 2.40. The molecular formula is C8H13N3OS. The van der Waals surface area contributed by atoms with Gasteiger partial charge in [-0.05, 0) is 23.9 Å². The Morgan fingerprint density at radius 3 is 2.92 bits per heavy atom.